The van der Waals surface area contributed by atoms with Gasteiger partial charge in [-0.3, -0.25) is 9.78 Å². The van der Waals surface area contributed by atoms with Gasteiger partial charge in [-0.2, -0.15) is 13.2 Å². The molecule has 6 heteroatoms. The number of carbonyl (C=O) groups is 1. The largest absolute Gasteiger partial charge is 0.418 e. The highest BCUT2D eigenvalue weighted by Crippen LogP contribution is 2.31. The van der Waals surface area contributed by atoms with Crippen LogP contribution in [-0.2, 0) is 6.18 Å². The molecule has 0 aliphatic heterocycles. The number of alkyl halides is 3. The van der Waals surface area contributed by atoms with Crippen LogP contribution in [0.1, 0.15) is 15.9 Å². The third kappa shape index (κ3) is 2.76. The van der Waals surface area contributed by atoms with Gasteiger partial charge in [0.2, 0.25) is 0 Å². The topological polar surface area (TPSA) is 42.0 Å². The molecule has 0 radical (unpaired) electrons. The smallest absolute Gasteiger partial charge is 0.313 e. The number of rotatable bonds is 3. The van der Waals surface area contributed by atoms with Crippen molar-refractivity contribution in [2.45, 2.75) is 6.18 Å². The Kier molecular flexibility index (Phi) is 3.41. The summed E-state index contributed by atoms with van der Waals surface area (Å²) in [4.78, 5) is 14.7. The van der Waals surface area contributed by atoms with Gasteiger partial charge >= 0.3 is 6.18 Å². The van der Waals surface area contributed by atoms with Crippen molar-refractivity contribution in [3.63, 3.8) is 0 Å². The molecule has 0 aliphatic carbocycles. The van der Waals surface area contributed by atoms with Gasteiger partial charge in [0.1, 0.15) is 0 Å². The Bertz CT molecular complexity index is 363. The van der Waals surface area contributed by atoms with Gasteiger partial charge < -0.3 is 5.32 Å². The van der Waals surface area contributed by atoms with Gasteiger partial charge in [0.15, 0.2) is 5.78 Å². The second-order valence-corrected chi connectivity index (χ2v) is 2.87. The molecule has 3 nitrogen and oxygen atoms in total. The van der Waals surface area contributed by atoms with Gasteiger partial charge in [0, 0.05) is 18.0 Å². The number of halogens is 3. The molecule has 0 saturated heterocycles. The Balaban J connectivity index is 3.12. The van der Waals surface area contributed by atoms with Gasteiger partial charge in [-0.25, -0.2) is 0 Å². The highest BCUT2D eigenvalue weighted by atomic mass is 19.4. The van der Waals surface area contributed by atoms with Crippen molar-refractivity contribution in [3.05, 3.63) is 29.6 Å². The van der Waals surface area contributed by atoms with E-state index in [1.54, 1.807) is 0 Å². The van der Waals surface area contributed by atoms with Crippen LogP contribution in [0.4, 0.5) is 13.2 Å². The lowest BCUT2D eigenvalue weighted by molar-refractivity contribution is -0.138. The number of nitrogens with zero attached hydrogens (tertiary/aromatic N) is 1. The normalized spacial score (nSPS) is 11.5. The van der Waals surface area contributed by atoms with E-state index in [1.807, 2.05) is 0 Å². The first kappa shape index (κ1) is 11.6. The molecule has 0 fully saturated rings. The standard InChI is InChI=1S/C9H9F3N2O/c1-13-5-8(15)6-2-3-14-4-7(6)9(10,11)12/h2-4,13H,5H2,1H3. The number of aromatic nitrogens is 1. The fourth-order valence-corrected chi connectivity index (χ4v) is 1.12. The Morgan fingerprint density at radius 2 is 2.20 bits per heavy atom. The fourth-order valence-electron chi connectivity index (χ4n) is 1.12. The minimum Gasteiger partial charge on any atom is -0.313 e. The molecule has 1 heterocycles. The number of Topliss-reactive ketones (excluding diaryl/α,β-unsaturated/α-hetero) is 1. The zero-order valence-corrected chi connectivity index (χ0v) is 7.93. The van der Waals surface area contributed by atoms with Crippen molar-refractivity contribution in [2.75, 3.05) is 13.6 Å². The number of pyridine rings is 1. The Labute approximate surface area is 84.3 Å². The van der Waals surface area contributed by atoms with Crippen molar-refractivity contribution in [1.29, 1.82) is 0 Å². The molecular formula is C9H9F3N2O. The molecule has 1 rings (SSSR count). The number of ketones is 1. The monoisotopic (exact) mass is 218 g/mol. The van der Waals surface area contributed by atoms with Gasteiger partial charge in [0.25, 0.3) is 0 Å². The van der Waals surface area contributed by atoms with Gasteiger partial charge in [-0.05, 0) is 13.1 Å². The highest BCUT2D eigenvalue weighted by molar-refractivity contribution is 5.98. The molecule has 0 atom stereocenters. The average Bonchev–Trinajstić information content (AvgIpc) is 2.17. The van der Waals surface area contributed by atoms with E-state index in [4.69, 9.17) is 0 Å². The SMILES string of the molecule is CNCC(=O)c1ccncc1C(F)(F)F. The summed E-state index contributed by atoms with van der Waals surface area (Å²) in [5, 5.41) is 2.51. The molecule has 0 aliphatic rings. The summed E-state index contributed by atoms with van der Waals surface area (Å²) in [6.07, 6.45) is -2.73. The predicted octanol–water partition coefficient (Wildman–Crippen LogP) is 1.50. The maximum Gasteiger partial charge on any atom is 0.418 e. The van der Waals surface area contributed by atoms with Crippen molar-refractivity contribution in [2.24, 2.45) is 0 Å². The van der Waals surface area contributed by atoms with E-state index in [0.717, 1.165) is 12.3 Å². The van der Waals surface area contributed by atoms with E-state index >= 15 is 0 Å². The molecule has 1 N–H and O–H groups in total. The maximum atomic E-state index is 12.4. The summed E-state index contributed by atoms with van der Waals surface area (Å²) in [5.74, 6) is -0.604. The highest BCUT2D eigenvalue weighted by Gasteiger charge is 2.35. The number of carbonyl (C=O) groups excluding carboxylic acids is 1. The van der Waals surface area contributed by atoms with Crippen LogP contribution in [-0.4, -0.2) is 24.4 Å². The minimum atomic E-state index is -4.55. The number of likely N-dealkylation sites (N-methyl/N-ethyl adjacent to an activating group) is 1. The summed E-state index contributed by atoms with van der Waals surface area (Å²) < 4.78 is 37.3. The van der Waals surface area contributed by atoms with E-state index in [0.29, 0.717) is 6.20 Å². The molecule has 0 spiro atoms. The van der Waals surface area contributed by atoms with Crippen LogP contribution >= 0.6 is 0 Å². The van der Waals surface area contributed by atoms with Gasteiger partial charge in [-0.1, -0.05) is 0 Å². The molecule has 0 amide bonds. The van der Waals surface area contributed by atoms with Crippen molar-refractivity contribution in [3.8, 4) is 0 Å². The lowest BCUT2D eigenvalue weighted by atomic mass is 10.1. The molecular weight excluding hydrogens is 209 g/mol. The first-order chi connectivity index (χ1) is 6.96. The van der Waals surface area contributed by atoms with Crippen LogP contribution in [0.2, 0.25) is 0 Å². The van der Waals surface area contributed by atoms with Gasteiger partial charge in [0.05, 0.1) is 12.1 Å². The second kappa shape index (κ2) is 4.39. The molecule has 0 aromatic carbocycles. The van der Waals surface area contributed by atoms with Gasteiger partial charge in [-0.15, -0.1) is 0 Å². The molecule has 1 aromatic heterocycles. The average molecular weight is 218 g/mol. The van der Waals surface area contributed by atoms with Crippen LogP contribution in [0.15, 0.2) is 18.5 Å². The Hall–Kier alpha value is -1.43. The number of hydrogen-bond acceptors (Lipinski definition) is 3. The first-order valence-electron chi connectivity index (χ1n) is 4.16. The van der Waals surface area contributed by atoms with E-state index in [1.165, 1.54) is 7.05 Å². The summed E-state index contributed by atoms with van der Waals surface area (Å²) >= 11 is 0. The molecule has 1 aromatic rings. The Morgan fingerprint density at radius 1 is 1.53 bits per heavy atom. The zero-order valence-electron chi connectivity index (χ0n) is 7.93. The van der Waals surface area contributed by atoms with Crippen molar-refractivity contribution in [1.82, 2.24) is 10.3 Å². The maximum absolute atomic E-state index is 12.4. The number of hydrogen-bond donors (Lipinski definition) is 1. The summed E-state index contributed by atoms with van der Waals surface area (Å²) in [6.45, 7) is -0.132. The fraction of sp³-hybridized carbons (Fsp3) is 0.333. The quantitative estimate of drug-likeness (QED) is 0.782. The van der Waals surface area contributed by atoms with Crippen LogP contribution in [0.25, 0.3) is 0 Å². The van der Waals surface area contributed by atoms with Crippen molar-refractivity contribution >= 4 is 5.78 Å². The first-order valence-corrected chi connectivity index (χ1v) is 4.16. The van der Waals surface area contributed by atoms with E-state index in [2.05, 4.69) is 10.3 Å². The van der Waals surface area contributed by atoms with E-state index < -0.39 is 17.5 Å². The predicted molar refractivity (Wildman–Crippen MR) is 47.5 cm³/mol. The van der Waals surface area contributed by atoms with E-state index in [9.17, 15) is 18.0 Å². The van der Waals surface area contributed by atoms with E-state index in [-0.39, 0.29) is 12.1 Å². The summed E-state index contributed by atoms with van der Waals surface area (Å²) in [7, 11) is 1.49. The van der Waals surface area contributed by atoms with Crippen LogP contribution in [0.3, 0.4) is 0 Å². The van der Waals surface area contributed by atoms with Crippen LogP contribution < -0.4 is 5.32 Å². The van der Waals surface area contributed by atoms with Crippen molar-refractivity contribution < 1.29 is 18.0 Å². The Morgan fingerprint density at radius 3 is 2.73 bits per heavy atom. The van der Waals surface area contributed by atoms with Crippen LogP contribution in [0, 0.1) is 0 Å². The molecule has 0 bridgehead atoms. The molecule has 0 unspecified atom stereocenters. The number of nitrogens with one attached hydrogen (secondary N) is 1. The zero-order chi connectivity index (χ0) is 11.5. The lowest BCUT2D eigenvalue weighted by Crippen LogP contribution is -2.22. The second-order valence-electron chi connectivity index (χ2n) is 2.87. The third-order valence-electron chi connectivity index (χ3n) is 1.76. The minimum absolute atomic E-state index is 0.132. The summed E-state index contributed by atoms with van der Waals surface area (Å²) in [6, 6.07) is 1.07. The lowest BCUT2D eigenvalue weighted by Gasteiger charge is -2.10. The molecule has 82 valence electrons. The third-order valence-corrected chi connectivity index (χ3v) is 1.76. The van der Waals surface area contributed by atoms with Crippen LogP contribution in [0.5, 0.6) is 0 Å². The summed E-state index contributed by atoms with van der Waals surface area (Å²) in [5.41, 5.74) is -1.35. The molecule has 0 saturated carbocycles. The molecule has 15 heavy (non-hydrogen) atoms.